The number of carbonyl (C=O) groups is 2. The minimum atomic E-state index is -0.319. The fourth-order valence-corrected chi connectivity index (χ4v) is 4.17. The van der Waals surface area contributed by atoms with Crippen LogP contribution in [0.5, 0.6) is 0 Å². The summed E-state index contributed by atoms with van der Waals surface area (Å²) >= 11 is 0. The zero-order valence-electron chi connectivity index (χ0n) is 14.8. The van der Waals surface area contributed by atoms with Crippen LogP contribution in [-0.4, -0.2) is 18.4 Å². The van der Waals surface area contributed by atoms with Gasteiger partial charge in [0, 0.05) is 22.9 Å². The first-order valence-electron chi connectivity index (χ1n) is 8.60. The van der Waals surface area contributed by atoms with Crippen molar-refractivity contribution in [3.63, 3.8) is 0 Å². The SMILES string of the molecule is CCOC(=O)c1ccc(N/C=C2\C(=O)[C@@]3(C)CC[C@@H]2C3(C)C)cc1. The first-order chi connectivity index (χ1) is 11.3. The number of hydrogen-bond acceptors (Lipinski definition) is 4. The van der Waals surface area contributed by atoms with E-state index in [0.717, 1.165) is 24.1 Å². The van der Waals surface area contributed by atoms with Gasteiger partial charge in [0.2, 0.25) is 0 Å². The maximum absolute atomic E-state index is 12.8. The third-order valence-corrected chi connectivity index (χ3v) is 6.16. The topological polar surface area (TPSA) is 55.4 Å². The van der Waals surface area contributed by atoms with Gasteiger partial charge in [-0.2, -0.15) is 0 Å². The molecule has 2 aliphatic rings. The molecule has 1 N–H and O–H groups in total. The molecule has 0 spiro atoms. The molecule has 0 aromatic heterocycles. The van der Waals surface area contributed by atoms with Crippen LogP contribution in [0.25, 0.3) is 0 Å². The van der Waals surface area contributed by atoms with Crippen LogP contribution >= 0.6 is 0 Å². The molecule has 0 amide bonds. The van der Waals surface area contributed by atoms with E-state index in [1.54, 1.807) is 19.1 Å². The van der Waals surface area contributed by atoms with Gasteiger partial charge in [-0.1, -0.05) is 20.8 Å². The van der Waals surface area contributed by atoms with E-state index in [2.05, 4.69) is 26.1 Å². The third-order valence-electron chi connectivity index (χ3n) is 6.16. The van der Waals surface area contributed by atoms with Crippen molar-refractivity contribution in [3.05, 3.63) is 41.6 Å². The summed E-state index contributed by atoms with van der Waals surface area (Å²) in [5.74, 6) is 0.279. The van der Waals surface area contributed by atoms with Crippen LogP contribution in [0.1, 0.15) is 50.9 Å². The molecule has 0 radical (unpaired) electrons. The van der Waals surface area contributed by atoms with Gasteiger partial charge in [-0.3, -0.25) is 4.79 Å². The van der Waals surface area contributed by atoms with Gasteiger partial charge in [0.1, 0.15) is 0 Å². The number of fused-ring (bicyclic) bond motifs is 2. The minimum Gasteiger partial charge on any atom is -0.462 e. The maximum Gasteiger partial charge on any atom is 0.338 e. The van der Waals surface area contributed by atoms with Crippen molar-refractivity contribution in [2.45, 2.75) is 40.5 Å². The number of rotatable bonds is 4. The number of ether oxygens (including phenoxy) is 1. The summed E-state index contributed by atoms with van der Waals surface area (Å²) < 4.78 is 4.97. The van der Waals surface area contributed by atoms with Gasteiger partial charge in [0.25, 0.3) is 0 Å². The Morgan fingerprint density at radius 2 is 1.96 bits per heavy atom. The van der Waals surface area contributed by atoms with E-state index in [1.165, 1.54) is 0 Å². The summed E-state index contributed by atoms with van der Waals surface area (Å²) in [6, 6.07) is 7.11. The molecule has 0 saturated heterocycles. The Kier molecular flexibility index (Phi) is 4.02. The highest BCUT2D eigenvalue weighted by Gasteiger charge is 2.63. The molecule has 2 bridgehead atoms. The lowest BCUT2D eigenvalue weighted by molar-refractivity contribution is -0.125. The van der Waals surface area contributed by atoms with E-state index in [9.17, 15) is 9.59 Å². The van der Waals surface area contributed by atoms with Crippen LogP contribution in [0.15, 0.2) is 36.0 Å². The van der Waals surface area contributed by atoms with E-state index in [1.807, 2.05) is 18.3 Å². The van der Waals surface area contributed by atoms with E-state index < -0.39 is 0 Å². The van der Waals surface area contributed by atoms with Crippen LogP contribution in [0.3, 0.4) is 0 Å². The highest BCUT2D eigenvalue weighted by Crippen LogP contribution is 2.65. The number of carbonyl (C=O) groups excluding carboxylic acids is 2. The monoisotopic (exact) mass is 327 g/mol. The number of ketones is 1. The second-order valence-electron chi connectivity index (χ2n) is 7.52. The molecule has 2 aliphatic carbocycles. The Morgan fingerprint density at radius 1 is 1.29 bits per heavy atom. The van der Waals surface area contributed by atoms with E-state index in [-0.39, 0.29) is 22.6 Å². The van der Waals surface area contributed by atoms with Crippen molar-refractivity contribution < 1.29 is 14.3 Å². The number of anilines is 1. The summed E-state index contributed by atoms with van der Waals surface area (Å²) in [4.78, 5) is 24.4. The molecule has 0 aliphatic heterocycles. The van der Waals surface area contributed by atoms with Gasteiger partial charge in [-0.15, -0.1) is 0 Å². The summed E-state index contributed by atoms with van der Waals surface area (Å²) in [6.07, 6.45) is 3.91. The van der Waals surface area contributed by atoms with E-state index in [4.69, 9.17) is 4.74 Å². The number of benzene rings is 1. The van der Waals surface area contributed by atoms with Crippen LogP contribution in [-0.2, 0) is 9.53 Å². The van der Waals surface area contributed by atoms with E-state index >= 15 is 0 Å². The molecule has 0 heterocycles. The molecule has 4 heteroatoms. The molecular formula is C20H25NO3. The molecule has 3 rings (SSSR count). The van der Waals surface area contributed by atoms with Crippen molar-refractivity contribution in [2.24, 2.45) is 16.7 Å². The fourth-order valence-electron chi connectivity index (χ4n) is 4.17. The largest absolute Gasteiger partial charge is 0.462 e. The van der Waals surface area contributed by atoms with Crippen molar-refractivity contribution >= 4 is 17.4 Å². The lowest BCUT2D eigenvalue weighted by atomic mass is 9.70. The molecule has 4 nitrogen and oxygen atoms in total. The van der Waals surface area contributed by atoms with E-state index in [0.29, 0.717) is 18.1 Å². The third kappa shape index (κ3) is 2.36. The van der Waals surface area contributed by atoms with Crippen LogP contribution in [0.2, 0.25) is 0 Å². The Morgan fingerprint density at radius 3 is 2.50 bits per heavy atom. The van der Waals surface area contributed by atoms with Crippen molar-refractivity contribution in [1.82, 2.24) is 0 Å². The number of allylic oxidation sites excluding steroid dienone is 1. The molecule has 128 valence electrons. The summed E-state index contributed by atoms with van der Waals surface area (Å²) in [5.41, 5.74) is 2.07. The molecule has 2 atom stereocenters. The highest BCUT2D eigenvalue weighted by molar-refractivity contribution is 6.04. The second-order valence-corrected chi connectivity index (χ2v) is 7.52. The van der Waals surface area contributed by atoms with Crippen LogP contribution < -0.4 is 5.32 Å². The van der Waals surface area contributed by atoms with Gasteiger partial charge >= 0.3 is 5.97 Å². The Balaban J connectivity index is 1.75. The quantitative estimate of drug-likeness (QED) is 0.665. The number of esters is 1. The van der Waals surface area contributed by atoms with Crippen molar-refractivity contribution in [2.75, 3.05) is 11.9 Å². The number of Topliss-reactive ketones (excluding diaryl/α,β-unsaturated/α-hetero) is 1. The smallest absolute Gasteiger partial charge is 0.338 e. The van der Waals surface area contributed by atoms with Gasteiger partial charge < -0.3 is 10.1 Å². The predicted molar refractivity (Wildman–Crippen MR) is 93.7 cm³/mol. The average Bonchev–Trinajstić information content (AvgIpc) is 2.86. The zero-order valence-corrected chi connectivity index (χ0v) is 14.8. The normalized spacial score (nSPS) is 29.1. The molecule has 1 aromatic carbocycles. The fraction of sp³-hybridized carbons (Fsp3) is 0.500. The second kappa shape index (κ2) is 5.76. The summed E-state index contributed by atoms with van der Waals surface area (Å²) in [6.45, 7) is 8.66. The van der Waals surface area contributed by atoms with Crippen molar-refractivity contribution in [1.29, 1.82) is 0 Å². The first kappa shape index (κ1) is 16.7. The molecule has 1 aromatic rings. The number of nitrogens with one attached hydrogen (secondary N) is 1. The van der Waals surface area contributed by atoms with Crippen LogP contribution in [0.4, 0.5) is 5.69 Å². The first-order valence-corrected chi connectivity index (χ1v) is 8.60. The lowest BCUT2D eigenvalue weighted by Gasteiger charge is -2.31. The minimum absolute atomic E-state index is 0.0192. The average molecular weight is 327 g/mol. The lowest BCUT2D eigenvalue weighted by Crippen LogP contribution is -2.32. The standard InChI is InChI=1S/C20H25NO3/c1-5-24-18(23)13-6-8-14(9-7-13)21-12-15-16-10-11-20(4,17(15)22)19(16,2)3/h6-9,12,16,21H,5,10-11H2,1-4H3/b15-12-/t16-,20+/m0/s1. The van der Waals surface area contributed by atoms with Gasteiger partial charge in [0.05, 0.1) is 12.2 Å². The van der Waals surface area contributed by atoms with Crippen molar-refractivity contribution in [3.8, 4) is 0 Å². The predicted octanol–water partition coefficient (Wildman–Crippen LogP) is 4.18. The Bertz CT molecular complexity index is 702. The van der Waals surface area contributed by atoms with Crippen LogP contribution in [0, 0.1) is 16.7 Å². The highest BCUT2D eigenvalue weighted by atomic mass is 16.5. The van der Waals surface area contributed by atoms with Gasteiger partial charge in [-0.05, 0) is 55.4 Å². The summed E-state index contributed by atoms with van der Waals surface area (Å²) in [5, 5.41) is 3.22. The Hall–Kier alpha value is -2.10. The van der Waals surface area contributed by atoms with Gasteiger partial charge in [-0.25, -0.2) is 4.79 Å². The number of hydrogen-bond donors (Lipinski definition) is 1. The maximum atomic E-state index is 12.8. The molecule has 0 unspecified atom stereocenters. The zero-order chi connectivity index (χ0) is 17.5. The molecular weight excluding hydrogens is 302 g/mol. The van der Waals surface area contributed by atoms with Gasteiger partial charge in [0.15, 0.2) is 5.78 Å². The summed E-state index contributed by atoms with van der Waals surface area (Å²) in [7, 11) is 0. The molecule has 2 fully saturated rings. The Labute approximate surface area is 143 Å². The molecule has 2 saturated carbocycles. The molecule has 24 heavy (non-hydrogen) atoms.